The van der Waals surface area contributed by atoms with Crippen molar-refractivity contribution in [3.63, 3.8) is 0 Å². The van der Waals surface area contributed by atoms with E-state index in [9.17, 15) is 4.79 Å². The second kappa shape index (κ2) is 5.84. The maximum absolute atomic E-state index is 11.4. The summed E-state index contributed by atoms with van der Waals surface area (Å²) < 4.78 is 11.3. The van der Waals surface area contributed by atoms with E-state index in [1.807, 2.05) is 25.1 Å². The Morgan fingerprint density at radius 2 is 2.05 bits per heavy atom. The van der Waals surface area contributed by atoms with Crippen LogP contribution < -0.4 is 4.74 Å². The molecule has 98 valence electrons. The highest BCUT2D eigenvalue weighted by molar-refractivity contribution is 9.10. The molecule has 0 saturated carbocycles. The van der Waals surface area contributed by atoms with Crippen molar-refractivity contribution in [2.45, 2.75) is 6.92 Å². The Morgan fingerprint density at radius 3 is 2.74 bits per heavy atom. The summed E-state index contributed by atoms with van der Waals surface area (Å²) in [5.41, 5.74) is 1.46. The molecule has 1 aromatic heterocycles. The fourth-order valence-corrected chi connectivity index (χ4v) is 1.76. The molecule has 0 radical (unpaired) electrons. The van der Waals surface area contributed by atoms with Gasteiger partial charge in [0.1, 0.15) is 5.75 Å². The monoisotopic (exact) mass is 321 g/mol. The zero-order valence-corrected chi connectivity index (χ0v) is 12.1. The molecule has 0 amide bonds. The first-order valence-electron chi connectivity index (χ1n) is 5.58. The summed E-state index contributed by atoms with van der Waals surface area (Å²) >= 11 is 3.42. The van der Waals surface area contributed by atoms with Gasteiger partial charge < -0.3 is 9.47 Å². The Hall–Kier alpha value is -1.88. The Labute approximate surface area is 119 Å². The normalized spacial score (nSPS) is 10.1. The topological polar surface area (TPSA) is 48.4 Å². The maximum Gasteiger partial charge on any atom is 0.338 e. The molecule has 2 aromatic rings. The minimum Gasteiger partial charge on any atom is -0.465 e. The lowest BCUT2D eigenvalue weighted by atomic mass is 10.2. The molecule has 0 fully saturated rings. The molecular formula is C14H12BrNO3. The Morgan fingerprint density at radius 1 is 1.26 bits per heavy atom. The number of hydrogen-bond acceptors (Lipinski definition) is 4. The standard InChI is InChI=1S/C14H12BrNO3/c1-9-7-11(3-4-12(9)15)19-13-8-10(5-6-16-13)14(17)18-2/h3-8H,1-2H3. The molecule has 0 aliphatic carbocycles. The number of halogens is 1. The van der Waals surface area contributed by atoms with Crippen LogP contribution >= 0.6 is 15.9 Å². The van der Waals surface area contributed by atoms with Gasteiger partial charge in [-0.05, 0) is 36.8 Å². The Balaban J connectivity index is 2.23. The molecule has 0 aliphatic rings. The van der Waals surface area contributed by atoms with Gasteiger partial charge in [0.2, 0.25) is 5.88 Å². The molecule has 2 rings (SSSR count). The molecule has 1 aromatic carbocycles. The lowest BCUT2D eigenvalue weighted by molar-refractivity contribution is 0.0600. The summed E-state index contributed by atoms with van der Waals surface area (Å²) in [5, 5.41) is 0. The van der Waals surface area contributed by atoms with E-state index in [1.165, 1.54) is 13.3 Å². The summed E-state index contributed by atoms with van der Waals surface area (Å²) in [6, 6.07) is 8.73. The number of nitrogens with zero attached hydrogens (tertiary/aromatic N) is 1. The second-order valence-corrected chi connectivity index (χ2v) is 4.74. The first kappa shape index (κ1) is 13.5. The average Bonchev–Trinajstić information content (AvgIpc) is 2.42. The zero-order chi connectivity index (χ0) is 13.8. The molecule has 1 heterocycles. The molecule has 0 spiro atoms. The number of carbonyl (C=O) groups is 1. The molecule has 0 N–H and O–H groups in total. The van der Waals surface area contributed by atoms with Gasteiger partial charge in [-0.15, -0.1) is 0 Å². The van der Waals surface area contributed by atoms with Crippen LogP contribution in [0.4, 0.5) is 0 Å². The second-order valence-electron chi connectivity index (χ2n) is 3.89. The molecular weight excluding hydrogens is 310 g/mol. The van der Waals surface area contributed by atoms with Gasteiger partial charge >= 0.3 is 5.97 Å². The van der Waals surface area contributed by atoms with Gasteiger partial charge in [0, 0.05) is 16.7 Å². The number of aryl methyl sites for hydroxylation is 1. The lowest BCUT2D eigenvalue weighted by Gasteiger charge is -2.07. The van der Waals surface area contributed by atoms with Crippen LogP contribution in [0.1, 0.15) is 15.9 Å². The number of carbonyl (C=O) groups excluding carboxylic acids is 1. The number of benzene rings is 1. The minimum absolute atomic E-state index is 0.352. The molecule has 0 atom stereocenters. The Kier molecular flexibility index (Phi) is 4.16. The molecule has 0 bridgehead atoms. The molecule has 0 unspecified atom stereocenters. The number of esters is 1. The highest BCUT2D eigenvalue weighted by Crippen LogP contribution is 2.25. The van der Waals surface area contributed by atoms with Gasteiger partial charge in [-0.2, -0.15) is 0 Å². The van der Waals surface area contributed by atoms with Crippen LogP contribution in [-0.2, 0) is 4.74 Å². The van der Waals surface area contributed by atoms with E-state index in [0.29, 0.717) is 17.2 Å². The van der Waals surface area contributed by atoms with E-state index >= 15 is 0 Å². The van der Waals surface area contributed by atoms with Crippen molar-refractivity contribution in [1.82, 2.24) is 4.98 Å². The first-order chi connectivity index (χ1) is 9.10. The number of pyridine rings is 1. The van der Waals surface area contributed by atoms with Crippen molar-refractivity contribution in [2.24, 2.45) is 0 Å². The molecule has 0 saturated heterocycles. The fraction of sp³-hybridized carbons (Fsp3) is 0.143. The third kappa shape index (κ3) is 3.32. The number of hydrogen-bond donors (Lipinski definition) is 0. The van der Waals surface area contributed by atoms with Crippen molar-refractivity contribution in [2.75, 3.05) is 7.11 Å². The zero-order valence-electron chi connectivity index (χ0n) is 10.5. The van der Waals surface area contributed by atoms with Crippen molar-refractivity contribution in [3.8, 4) is 11.6 Å². The Bertz CT molecular complexity index is 613. The predicted octanol–water partition coefficient (Wildman–Crippen LogP) is 3.73. The van der Waals surface area contributed by atoms with Gasteiger partial charge in [-0.1, -0.05) is 15.9 Å². The SMILES string of the molecule is COC(=O)c1ccnc(Oc2ccc(Br)c(C)c2)c1. The number of ether oxygens (including phenoxy) is 2. The molecule has 19 heavy (non-hydrogen) atoms. The quantitative estimate of drug-likeness (QED) is 0.808. The average molecular weight is 322 g/mol. The van der Waals surface area contributed by atoms with Gasteiger partial charge in [0.05, 0.1) is 12.7 Å². The van der Waals surface area contributed by atoms with E-state index in [4.69, 9.17) is 4.74 Å². The maximum atomic E-state index is 11.4. The summed E-state index contributed by atoms with van der Waals surface area (Å²) in [6.07, 6.45) is 1.51. The number of aromatic nitrogens is 1. The fourth-order valence-electron chi connectivity index (χ4n) is 1.51. The molecule has 4 nitrogen and oxygen atoms in total. The summed E-state index contributed by atoms with van der Waals surface area (Å²) in [4.78, 5) is 15.5. The van der Waals surface area contributed by atoms with E-state index in [0.717, 1.165) is 10.0 Å². The van der Waals surface area contributed by atoms with Crippen LogP contribution in [0.3, 0.4) is 0 Å². The van der Waals surface area contributed by atoms with Gasteiger partial charge in [-0.3, -0.25) is 0 Å². The van der Waals surface area contributed by atoms with Crippen LogP contribution in [-0.4, -0.2) is 18.1 Å². The predicted molar refractivity (Wildman–Crippen MR) is 74.5 cm³/mol. The number of methoxy groups -OCH3 is 1. The third-order valence-corrected chi connectivity index (χ3v) is 3.40. The van der Waals surface area contributed by atoms with Crippen LogP contribution in [0.15, 0.2) is 41.0 Å². The van der Waals surface area contributed by atoms with E-state index < -0.39 is 5.97 Å². The number of rotatable bonds is 3. The van der Waals surface area contributed by atoms with Crippen LogP contribution in [0.5, 0.6) is 11.6 Å². The largest absolute Gasteiger partial charge is 0.465 e. The lowest BCUT2D eigenvalue weighted by Crippen LogP contribution is -2.01. The van der Waals surface area contributed by atoms with Crippen molar-refractivity contribution < 1.29 is 14.3 Å². The van der Waals surface area contributed by atoms with Crippen LogP contribution in [0.2, 0.25) is 0 Å². The first-order valence-corrected chi connectivity index (χ1v) is 6.38. The minimum atomic E-state index is -0.417. The van der Waals surface area contributed by atoms with Crippen molar-refractivity contribution >= 4 is 21.9 Å². The summed E-state index contributed by atoms with van der Waals surface area (Å²) in [7, 11) is 1.33. The van der Waals surface area contributed by atoms with Crippen LogP contribution in [0, 0.1) is 6.92 Å². The van der Waals surface area contributed by atoms with E-state index in [-0.39, 0.29) is 0 Å². The third-order valence-electron chi connectivity index (χ3n) is 2.51. The van der Waals surface area contributed by atoms with Crippen LogP contribution in [0.25, 0.3) is 0 Å². The van der Waals surface area contributed by atoms with Crippen molar-refractivity contribution in [3.05, 3.63) is 52.1 Å². The van der Waals surface area contributed by atoms with E-state index in [2.05, 4.69) is 25.7 Å². The summed E-state index contributed by atoms with van der Waals surface area (Å²) in [5.74, 6) is 0.596. The van der Waals surface area contributed by atoms with E-state index in [1.54, 1.807) is 12.1 Å². The van der Waals surface area contributed by atoms with Gasteiger partial charge in [0.15, 0.2) is 0 Å². The van der Waals surface area contributed by atoms with Crippen molar-refractivity contribution in [1.29, 1.82) is 0 Å². The van der Waals surface area contributed by atoms with Gasteiger partial charge in [-0.25, -0.2) is 9.78 Å². The summed E-state index contributed by atoms with van der Waals surface area (Å²) in [6.45, 7) is 1.97. The highest BCUT2D eigenvalue weighted by atomic mass is 79.9. The highest BCUT2D eigenvalue weighted by Gasteiger charge is 2.08. The van der Waals surface area contributed by atoms with Gasteiger partial charge in [0.25, 0.3) is 0 Å². The smallest absolute Gasteiger partial charge is 0.338 e. The molecule has 0 aliphatic heterocycles. The molecule has 5 heteroatoms.